The Morgan fingerprint density at radius 2 is 1.88 bits per heavy atom. The van der Waals surface area contributed by atoms with E-state index in [-0.39, 0.29) is 24.0 Å². The fraction of sp³-hybridized carbons (Fsp3) is 0.941. The number of nitrogens with zero attached hydrogens (tertiary/aromatic N) is 2. The predicted octanol–water partition coefficient (Wildman–Crippen LogP) is 2.09. The highest BCUT2D eigenvalue weighted by Gasteiger charge is 2.08. The Morgan fingerprint density at radius 1 is 1.08 bits per heavy atom. The molecule has 0 aromatic carbocycles. The van der Waals surface area contributed by atoms with Crippen molar-refractivity contribution in [3.63, 3.8) is 0 Å². The summed E-state index contributed by atoms with van der Waals surface area (Å²) in [6.45, 7) is 13.6. The average molecular weight is 456 g/mol. The second-order valence-corrected chi connectivity index (χ2v) is 5.75. The van der Waals surface area contributed by atoms with Crippen molar-refractivity contribution in [3.05, 3.63) is 0 Å². The third kappa shape index (κ3) is 13.2. The van der Waals surface area contributed by atoms with E-state index in [2.05, 4.69) is 27.4 Å². The largest absolute Gasteiger partial charge is 0.382 e. The smallest absolute Gasteiger partial charge is 0.191 e. The van der Waals surface area contributed by atoms with E-state index in [4.69, 9.17) is 9.47 Å². The summed E-state index contributed by atoms with van der Waals surface area (Å²) in [5.74, 6) is 0.940. The van der Waals surface area contributed by atoms with Gasteiger partial charge < -0.3 is 20.1 Å². The molecule has 1 aliphatic heterocycles. The third-order valence-electron chi connectivity index (χ3n) is 3.81. The number of ether oxygens (including phenoxy) is 2. The lowest BCUT2D eigenvalue weighted by Crippen LogP contribution is -2.38. The van der Waals surface area contributed by atoms with Crippen LogP contribution < -0.4 is 10.6 Å². The Bertz CT molecular complexity index is 300. The molecule has 1 heterocycles. The molecule has 1 rings (SSSR count). The molecule has 1 saturated heterocycles. The minimum atomic E-state index is 0. The van der Waals surface area contributed by atoms with E-state index in [0.717, 1.165) is 84.4 Å². The zero-order valence-corrected chi connectivity index (χ0v) is 17.8. The third-order valence-corrected chi connectivity index (χ3v) is 3.81. The maximum absolute atomic E-state index is 5.37. The van der Waals surface area contributed by atoms with Gasteiger partial charge in [0.15, 0.2) is 5.96 Å². The topological polar surface area (TPSA) is 58.1 Å². The van der Waals surface area contributed by atoms with Gasteiger partial charge >= 0.3 is 0 Å². The van der Waals surface area contributed by atoms with Crippen LogP contribution >= 0.6 is 24.0 Å². The van der Waals surface area contributed by atoms with Gasteiger partial charge in [-0.15, -0.1) is 24.0 Å². The van der Waals surface area contributed by atoms with Gasteiger partial charge in [0.25, 0.3) is 0 Å². The first-order chi connectivity index (χ1) is 11.4. The van der Waals surface area contributed by atoms with Crippen molar-refractivity contribution >= 4 is 29.9 Å². The molecule has 7 heteroatoms. The highest BCUT2D eigenvalue weighted by molar-refractivity contribution is 14.0. The minimum absolute atomic E-state index is 0. The Morgan fingerprint density at radius 3 is 2.58 bits per heavy atom. The van der Waals surface area contributed by atoms with Gasteiger partial charge in [-0.05, 0) is 46.1 Å². The lowest BCUT2D eigenvalue weighted by atomic mass is 10.3. The normalized spacial score (nSPS) is 15.8. The lowest BCUT2D eigenvalue weighted by Gasteiger charge is -2.26. The van der Waals surface area contributed by atoms with Crippen LogP contribution in [-0.4, -0.2) is 76.6 Å². The molecular formula is C17H37IN4O2. The number of nitrogens with one attached hydrogen (secondary N) is 2. The fourth-order valence-corrected chi connectivity index (χ4v) is 2.48. The van der Waals surface area contributed by atoms with E-state index >= 15 is 0 Å². The molecule has 0 bridgehead atoms. The molecule has 1 aliphatic rings. The van der Waals surface area contributed by atoms with Crippen molar-refractivity contribution in [1.29, 1.82) is 0 Å². The molecule has 1 fully saturated rings. The van der Waals surface area contributed by atoms with E-state index < -0.39 is 0 Å². The summed E-state index contributed by atoms with van der Waals surface area (Å²) < 4.78 is 10.7. The first-order valence-electron chi connectivity index (χ1n) is 9.26. The number of halogens is 1. The van der Waals surface area contributed by atoms with Crippen LogP contribution in [0.5, 0.6) is 0 Å². The van der Waals surface area contributed by atoms with Crippen LogP contribution in [0.15, 0.2) is 4.99 Å². The molecule has 24 heavy (non-hydrogen) atoms. The quantitative estimate of drug-likeness (QED) is 0.204. The fourth-order valence-electron chi connectivity index (χ4n) is 2.48. The van der Waals surface area contributed by atoms with Crippen molar-refractivity contribution in [1.82, 2.24) is 15.5 Å². The summed E-state index contributed by atoms with van der Waals surface area (Å²) in [4.78, 5) is 7.13. The minimum Gasteiger partial charge on any atom is -0.382 e. The van der Waals surface area contributed by atoms with Crippen LogP contribution in [0.1, 0.15) is 39.5 Å². The number of rotatable bonds is 12. The summed E-state index contributed by atoms with van der Waals surface area (Å²) >= 11 is 0. The Balaban J connectivity index is 0.00000529. The summed E-state index contributed by atoms with van der Waals surface area (Å²) in [6, 6.07) is 0. The monoisotopic (exact) mass is 456 g/mol. The van der Waals surface area contributed by atoms with Gasteiger partial charge in [0.2, 0.25) is 0 Å². The summed E-state index contributed by atoms with van der Waals surface area (Å²) in [6.07, 6.45) is 4.55. The molecule has 6 nitrogen and oxygen atoms in total. The molecule has 144 valence electrons. The van der Waals surface area contributed by atoms with Crippen LogP contribution in [-0.2, 0) is 9.47 Å². The number of hydrogen-bond acceptors (Lipinski definition) is 4. The molecule has 0 aliphatic carbocycles. The van der Waals surface area contributed by atoms with Crippen LogP contribution in [0, 0.1) is 0 Å². The van der Waals surface area contributed by atoms with Crippen LogP contribution in [0.3, 0.4) is 0 Å². The van der Waals surface area contributed by atoms with E-state index in [9.17, 15) is 0 Å². The zero-order chi connectivity index (χ0) is 16.6. The summed E-state index contributed by atoms with van der Waals surface area (Å²) in [7, 11) is 0. The van der Waals surface area contributed by atoms with E-state index in [1.165, 1.54) is 13.0 Å². The van der Waals surface area contributed by atoms with Crippen molar-refractivity contribution in [2.24, 2.45) is 4.99 Å². The van der Waals surface area contributed by atoms with Gasteiger partial charge in [-0.3, -0.25) is 9.89 Å². The van der Waals surface area contributed by atoms with Crippen LogP contribution in [0.4, 0.5) is 0 Å². The highest BCUT2D eigenvalue weighted by Crippen LogP contribution is 2.00. The van der Waals surface area contributed by atoms with Crippen LogP contribution in [0.25, 0.3) is 0 Å². The van der Waals surface area contributed by atoms with Crippen molar-refractivity contribution in [2.75, 3.05) is 65.7 Å². The maximum atomic E-state index is 5.37. The number of unbranched alkanes of at least 4 members (excludes halogenated alkanes) is 2. The number of guanidine groups is 1. The van der Waals surface area contributed by atoms with Gasteiger partial charge in [0, 0.05) is 45.9 Å². The summed E-state index contributed by atoms with van der Waals surface area (Å²) in [5, 5.41) is 6.70. The predicted molar refractivity (Wildman–Crippen MR) is 112 cm³/mol. The Labute approximate surface area is 165 Å². The van der Waals surface area contributed by atoms with Crippen molar-refractivity contribution in [2.45, 2.75) is 39.5 Å². The standard InChI is InChI=1S/C17H36N4O2.HI/c1-3-18-17(20-10-6-8-14-22-4-2)19-9-5-7-11-21-12-15-23-16-13-21;/h3-16H2,1-2H3,(H2,18,19,20);1H. The first kappa shape index (κ1) is 23.9. The van der Waals surface area contributed by atoms with Crippen LogP contribution in [0.2, 0.25) is 0 Å². The molecule has 0 unspecified atom stereocenters. The van der Waals surface area contributed by atoms with Gasteiger partial charge in [0.1, 0.15) is 0 Å². The number of aliphatic imine (C=N–C) groups is 1. The maximum Gasteiger partial charge on any atom is 0.191 e. The molecule has 0 spiro atoms. The molecule has 0 atom stereocenters. The lowest BCUT2D eigenvalue weighted by molar-refractivity contribution is 0.0373. The zero-order valence-electron chi connectivity index (χ0n) is 15.5. The van der Waals surface area contributed by atoms with Gasteiger partial charge in [0.05, 0.1) is 13.2 Å². The van der Waals surface area contributed by atoms with Crippen molar-refractivity contribution in [3.8, 4) is 0 Å². The highest BCUT2D eigenvalue weighted by atomic mass is 127. The molecule has 0 amide bonds. The molecule has 0 radical (unpaired) electrons. The average Bonchev–Trinajstić information content (AvgIpc) is 2.58. The Hall–Kier alpha value is -0.120. The SMILES string of the molecule is CCNC(=NCCCCN1CCOCC1)NCCCCOCC.I. The number of hydrogen-bond donors (Lipinski definition) is 2. The first-order valence-corrected chi connectivity index (χ1v) is 9.26. The molecule has 0 saturated carbocycles. The van der Waals surface area contributed by atoms with Gasteiger partial charge in [-0.2, -0.15) is 0 Å². The van der Waals surface area contributed by atoms with E-state index in [1.54, 1.807) is 0 Å². The van der Waals surface area contributed by atoms with Gasteiger partial charge in [-0.1, -0.05) is 0 Å². The van der Waals surface area contributed by atoms with Gasteiger partial charge in [-0.25, -0.2) is 0 Å². The van der Waals surface area contributed by atoms with E-state index in [0.29, 0.717) is 0 Å². The molecule has 0 aromatic heterocycles. The number of morpholine rings is 1. The molecule has 0 aromatic rings. The molecular weight excluding hydrogens is 419 g/mol. The van der Waals surface area contributed by atoms with Crippen molar-refractivity contribution < 1.29 is 9.47 Å². The summed E-state index contributed by atoms with van der Waals surface area (Å²) in [5.41, 5.74) is 0. The van der Waals surface area contributed by atoms with E-state index in [1.807, 2.05) is 6.92 Å². The Kier molecular flexibility index (Phi) is 17.6. The molecule has 2 N–H and O–H groups in total. The second kappa shape index (κ2) is 17.7. The second-order valence-electron chi connectivity index (χ2n) is 5.75.